The van der Waals surface area contributed by atoms with Crippen LogP contribution in [0.4, 0.5) is 5.69 Å². The Kier molecular flexibility index (Phi) is 2.95. The predicted octanol–water partition coefficient (Wildman–Crippen LogP) is 1.66. The molecule has 0 bridgehead atoms. The van der Waals surface area contributed by atoms with Crippen molar-refractivity contribution in [1.29, 1.82) is 0 Å². The number of nitrogens with zero attached hydrogens (tertiary/aromatic N) is 1. The van der Waals surface area contributed by atoms with Crippen LogP contribution in [0.25, 0.3) is 6.08 Å². The molecule has 1 amide bonds. The molecule has 1 aliphatic heterocycles. The minimum absolute atomic E-state index is 0.0664. The summed E-state index contributed by atoms with van der Waals surface area (Å²) in [5.41, 5.74) is 3.12. The van der Waals surface area contributed by atoms with Crippen molar-refractivity contribution >= 4 is 17.7 Å². The molecule has 1 aliphatic rings. The zero-order valence-corrected chi connectivity index (χ0v) is 9.66. The Morgan fingerprint density at radius 2 is 1.94 bits per heavy atom. The number of hydrogen-bond acceptors (Lipinski definition) is 2. The molecule has 1 N–H and O–H groups in total. The Labute approximate surface area is 95.8 Å². The molecule has 16 heavy (non-hydrogen) atoms. The fourth-order valence-corrected chi connectivity index (χ4v) is 1.75. The SMILES string of the molecule is CN(C)c1ccc(/C=C2\CCNC2=O)cc1. The average molecular weight is 216 g/mol. The smallest absolute Gasteiger partial charge is 0.247 e. The summed E-state index contributed by atoms with van der Waals surface area (Å²) in [6.45, 7) is 0.764. The second-order valence-corrected chi connectivity index (χ2v) is 4.16. The van der Waals surface area contributed by atoms with Gasteiger partial charge in [0.15, 0.2) is 0 Å². The van der Waals surface area contributed by atoms with Crippen LogP contribution in [0.3, 0.4) is 0 Å². The topological polar surface area (TPSA) is 32.3 Å². The van der Waals surface area contributed by atoms with Crippen LogP contribution in [0, 0.1) is 0 Å². The second kappa shape index (κ2) is 4.39. The van der Waals surface area contributed by atoms with Gasteiger partial charge in [-0.15, -0.1) is 0 Å². The lowest BCUT2D eigenvalue weighted by atomic mass is 10.1. The van der Waals surface area contributed by atoms with E-state index < -0.39 is 0 Å². The molecule has 1 fully saturated rings. The summed E-state index contributed by atoms with van der Waals surface area (Å²) < 4.78 is 0. The molecule has 1 aromatic carbocycles. The van der Waals surface area contributed by atoms with Crippen LogP contribution in [-0.2, 0) is 4.79 Å². The van der Waals surface area contributed by atoms with Gasteiger partial charge in [-0.2, -0.15) is 0 Å². The lowest BCUT2D eigenvalue weighted by Gasteiger charge is -2.11. The van der Waals surface area contributed by atoms with Gasteiger partial charge in [0.05, 0.1) is 0 Å². The van der Waals surface area contributed by atoms with Gasteiger partial charge in [-0.3, -0.25) is 4.79 Å². The molecule has 0 radical (unpaired) electrons. The molecule has 3 heteroatoms. The molecule has 1 aromatic rings. The number of rotatable bonds is 2. The highest BCUT2D eigenvalue weighted by molar-refractivity contribution is 5.99. The maximum Gasteiger partial charge on any atom is 0.247 e. The summed E-state index contributed by atoms with van der Waals surface area (Å²) in [5, 5.41) is 2.80. The standard InChI is InChI=1S/C13H16N2O/c1-15(2)12-5-3-10(4-6-12)9-11-7-8-14-13(11)16/h3-6,9H,7-8H2,1-2H3,(H,14,16)/b11-9+. The van der Waals surface area contributed by atoms with Gasteiger partial charge in [0, 0.05) is 31.9 Å². The fraction of sp³-hybridized carbons (Fsp3) is 0.308. The van der Waals surface area contributed by atoms with Crippen LogP contribution in [0.15, 0.2) is 29.8 Å². The van der Waals surface area contributed by atoms with Crippen molar-refractivity contribution in [2.45, 2.75) is 6.42 Å². The number of anilines is 1. The molecule has 1 saturated heterocycles. The van der Waals surface area contributed by atoms with Gasteiger partial charge in [0.2, 0.25) is 5.91 Å². The van der Waals surface area contributed by atoms with E-state index in [-0.39, 0.29) is 5.91 Å². The number of amides is 1. The predicted molar refractivity (Wildman–Crippen MR) is 66.4 cm³/mol. The Morgan fingerprint density at radius 1 is 1.25 bits per heavy atom. The number of carbonyl (C=O) groups excluding carboxylic acids is 1. The first-order valence-corrected chi connectivity index (χ1v) is 5.43. The lowest BCUT2D eigenvalue weighted by molar-refractivity contribution is -0.116. The molecule has 2 rings (SSSR count). The van der Waals surface area contributed by atoms with Crippen LogP contribution in [0.1, 0.15) is 12.0 Å². The minimum Gasteiger partial charge on any atom is -0.378 e. The summed E-state index contributed by atoms with van der Waals surface area (Å²) in [4.78, 5) is 13.4. The van der Waals surface area contributed by atoms with E-state index in [4.69, 9.17) is 0 Å². The van der Waals surface area contributed by atoms with E-state index in [0.29, 0.717) is 0 Å². The zero-order valence-electron chi connectivity index (χ0n) is 9.66. The zero-order chi connectivity index (χ0) is 11.5. The number of carbonyl (C=O) groups is 1. The van der Waals surface area contributed by atoms with E-state index in [1.807, 2.05) is 32.3 Å². The lowest BCUT2D eigenvalue weighted by Crippen LogP contribution is -2.13. The monoisotopic (exact) mass is 216 g/mol. The molecule has 0 atom stereocenters. The Hall–Kier alpha value is -1.77. The normalized spacial score (nSPS) is 17.6. The molecule has 0 aromatic heterocycles. The first-order chi connectivity index (χ1) is 7.66. The summed E-state index contributed by atoms with van der Waals surface area (Å²) >= 11 is 0. The maximum absolute atomic E-state index is 11.4. The van der Waals surface area contributed by atoms with Crippen LogP contribution in [-0.4, -0.2) is 26.5 Å². The van der Waals surface area contributed by atoms with Crippen molar-refractivity contribution in [1.82, 2.24) is 5.32 Å². The van der Waals surface area contributed by atoms with Gasteiger partial charge in [0.25, 0.3) is 0 Å². The van der Waals surface area contributed by atoms with Gasteiger partial charge >= 0.3 is 0 Å². The molecule has 0 saturated carbocycles. The van der Waals surface area contributed by atoms with Gasteiger partial charge in [-0.25, -0.2) is 0 Å². The highest BCUT2D eigenvalue weighted by Crippen LogP contribution is 2.17. The van der Waals surface area contributed by atoms with Crippen LogP contribution < -0.4 is 10.2 Å². The van der Waals surface area contributed by atoms with Crippen molar-refractivity contribution in [3.05, 3.63) is 35.4 Å². The Morgan fingerprint density at radius 3 is 2.44 bits per heavy atom. The van der Waals surface area contributed by atoms with Crippen molar-refractivity contribution in [3.63, 3.8) is 0 Å². The van der Waals surface area contributed by atoms with E-state index >= 15 is 0 Å². The average Bonchev–Trinajstić information content (AvgIpc) is 2.65. The fourth-order valence-electron chi connectivity index (χ4n) is 1.75. The molecular formula is C13H16N2O. The van der Waals surface area contributed by atoms with Crippen molar-refractivity contribution < 1.29 is 4.79 Å². The van der Waals surface area contributed by atoms with Crippen LogP contribution >= 0.6 is 0 Å². The van der Waals surface area contributed by atoms with E-state index in [1.54, 1.807) is 0 Å². The second-order valence-electron chi connectivity index (χ2n) is 4.16. The van der Waals surface area contributed by atoms with Gasteiger partial charge in [-0.05, 0) is 30.2 Å². The highest BCUT2D eigenvalue weighted by Gasteiger charge is 2.15. The summed E-state index contributed by atoms with van der Waals surface area (Å²) in [5.74, 6) is 0.0664. The Bertz CT molecular complexity index is 418. The van der Waals surface area contributed by atoms with Crippen molar-refractivity contribution in [2.75, 3.05) is 25.5 Å². The van der Waals surface area contributed by atoms with Crippen LogP contribution in [0.5, 0.6) is 0 Å². The van der Waals surface area contributed by atoms with E-state index in [1.165, 1.54) is 0 Å². The third-order valence-corrected chi connectivity index (χ3v) is 2.72. The first-order valence-electron chi connectivity index (χ1n) is 5.43. The van der Waals surface area contributed by atoms with Crippen molar-refractivity contribution in [3.8, 4) is 0 Å². The van der Waals surface area contributed by atoms with E-state index in [2.05, 4.69) is 22.3 Å². The van der Waals surface area contributed by atoms with Gasteiger partial charge < -0.3 is 10.2 Å². The maximum atomic E-state index is 11.4. The van der Waals surface area contributed by atoms with Gasteiger partial charge in [-0.1, -0.05) is 12.1 Å². The number of hydrogen-bond donors (Lipinski definition) is 1. The molecular weight excluding hydrogens is 200 g/mol. The molecule has 1 heterocycles. The largest absolute Gasteiger partial charge is 0.378 e. The number of nitrogens with one attached hydrogen (secondary N) is 1. The van der Waals surface area contributed by atoms with Gasteiger partial charge in [0.1, 0.15) is 0 Å². The van der Waals surface area contributed by atoms with Crippen molar-refractivity contribution in [2.24, 2.45) is 0 Å². The van der Waals surface area contributed by atoms with E-state index in [9.17, 15) is 4.79 Å². The molecule has 0 spiro atoms. The van der Waals surface area contributed by atoms with E-state index in [0.717, 1.165) is 29.8 Å². The molecule has 0 aliphatic carbocycles. The summed E-state index contributed by atoms with van der Waals surface area (Å²) in [6, 6.07) is 8.18. The third kappa shape index (κ3) is 2.24. The minimum atomic E-state index is 0.0664. The highest BCUT2D eigenvalue weighted by atomic mass is 16.1. The number of benzene rings is 1. The van der Waals surface area contributed by atoms with Crippen LogP contribution in [0.2, 0.25) is 0 Å². The Balaban J connectivity index is 2.19. The summed E-state index contributed by atoms with van der Waals surface area (Å²) in [6.07, 6.45) is 2.79. The quantitative estimate of drug-likeness (QED) is 0.762. The summed E-state index contributed by atoms with van der Waals surface area (Å²) in [7, 11) is 4.02. The molecule has 84 valence electrons. The molecule has 3 nitrogen and oxygen atoms in total. The molecule has 0 unspecified atom stereocenters. The first kappa shape index (κ1) is 10.7. The third-order valence-electron chi connectivity index (χ3n) is 2.72.